The molecule has 3 aromatic rings. The molecule has 0 aliphatic carbocycles. The van der Waals surface area contributed by atoms with E-state index in [-0.39, 0.29) is 16.8 Å². The Morgan fingerprint density at radius 3 is 2.36 bits per heavy atom. The molecule has 192 valence electrons. The van der Waals surface area contributed by atoms with Crippen LogP contribution in [0.5, 0.6) is 5.75 Å². The van der Waals surface area contributed by atoms with E-state index < -0.39 is 0 Å². The number of benzene rings is 1. The number of anilines is 2. The summed E-state index contributed by atoms with van der Waals surface area (Å²) in [5.41, 5.74) is 4.09. The minimum Gasteiger partial charge on any atom is -0.507 e. The maximum Gasteiger partial charge on any atom is 0.151 e. The fourth-order valence-electron chi connectivity index (χ4n) is 6.08. The van der Waals surface area contributed by atoms with Crippen LogP contribution >= 0.6 is 0 Å². The zero-order chi connectivity index (χ0) is 25.7. The summed E-state index contributed by atoms with van der Waals surface area (Å²) in [4.78, 5) is 9.39. The van der Waals surface area contributed by atoms with Crippen molar-refractivity contribution in [2.24, 2.45) is 0 Å². The molecule has 2 N–H and O–H groups in total. The van der Waals surface area contributed by atoms with Gasteiger partial charge < -0.3 is 25.0 Å². The SMILES string of the molecule is Cc1cc(N2CCOCC2)c2ccc(O)c(-c3ccc(N(C)C4CC(C)(C)NC(C)(C)C4)nn3)c2n1. The standard InChI is InChI=1S/C28H38N6O2/c1-18-15-22(34-11-13-36-14-12-34)20-7-9-23(35)25(26(20)29-18)21-8-10-24(31-30-21)33(6)19-16-27(2,3)32-28(4,5)17-19/h7-10,15,19,32,35H,11-14,16-17H2,1-6H3. The fourth-order valence-corrected chi connectivity index (χ4v) is 6.08. The smallest absolute Gasteiger partial charge is 0.151 e. The van der Waals surface area contributed by atoms with E-state index in [9.17, 15) is 5.11 Å². The molecule has 2 fully saturated rings. The Morgan fingerprint density at radius 1 is 1.03 bits per heavy atom. The molecule has 0 bridgehead atoms. The average Bonchev–Trinajstić information content (AvgIpc) is 2.82. The molecular weight excluding hydrogens is 452 g/mol. The zero-order valence-corrected chi connectivity index (χ0v) is 22.3. The van der Waals surface area contributed by atoms with Gasteiger partial charge >= 0.3 is 0 Å². The second-order valence-corrected chi connectivity index (χ2v) is 11.6. The number of aryl methyl sites for hydroxylation is 1. The summed E-state index contributed by atoms with van der Waals surface area (Å²) >= 11 is 0. The maximum atomic E-state index is 10.9. The number of hydrogen-bond donors (Lipinski definition) is 2. The number of hydrogen-bond acceptors (Lipinski definition) is 8. The van der Waals surface area contributed by atoms with E-state index in [4.69, 9.17) is 9.72 Å². The van der Waals surface area contributed by atoms with Crippen molar-refractivity contribution in [3.8, 4) is 17.0 Å². The molecular formula is C28H38N6O2. The number of ether oxygens (including phenoxy) is 1. The number of piperidine rings is 1. The van der Waals surface area contributed by atoms with Gasteiger partial charge in [-0.2, -0.15) is 0 Å². The third-order valence-electron chi connectivity index (χ3n) is 7.40. The van der Waals surface area contributed by atoms with E-state index in [0.717, 1.165) is 54.0 Å². The first-order valence-electron chi connectivity index (χ1n) is 12.9. The number of nitrogens with one attached hydrogen (secondary N) is 1. The summed E-state index contributed by atoms with van der Waals surface area (Å²) in [7, 11) is 2.10. The van der Waals surface area contributed by atoms with Crippen LogP contribution in [-0.2, 0) is 4.74 Å². The van der Waals surface area contributed by atoms with Crippen LogP contribution in [0, 0.1) is 6.92 Å². The molecule has 1 aromatic carbocycles. The van der Waals surface area contributed by atoms with Gasteiger partial charge in [0.1, 0.15) is 5.75 Å². The number of pyridine rings is 1. The number of fused-ring (bicyclic) bond motifs is 1. The highest BCUT2D eigenvalue weighted by Crippen LogP contribution is 2.39. The molecule has 0 radical (unpaired) electrons. The van der Waals surface area contributed by atoms with Crippen LogP contribution in [0.4, 0.5) is 11.5 Å². The topological polar surface area (TPSA) is 86.6 Å². The highest BCUT2D eigenvalue weighted by atomic mass is 16.5. The number of rotatable bonds is 4. The second-order valence-electron chi connectivity index (χ2n) is 11.6. The van der Waals surface area contributed by atoms with Crippen molar-refractivity contribution >= 4 is 22.4 Å². The molecule has 2 aliphatic rings. The van der Waals surface area contributed by atoms with Gasteiger partial charge in [-0.1, -0.05) is 0 Å². The van der Waals surface area contributed by atoms with Gasteiger partial charge in [-0.25, -0.2) is 0 Å². The minimum atomic E-state index is 0.0461. The van der Waals surface area contributed by atoms with Crippen LogP contribution in [0.1, 0.15) is 46.2 Å². The molecule has 0 spiro atoms. The summed E-state index contributed by atoms with van der Waals surface area (Å²) in [6, 6.07) is 10.1. The number of phenols is 1. The lowest BCUT2D eigenvalue weighted by Gasteiger charge is -2.49. The molecule has 8 heteroatoms. The Hall–Kier alpha value is -2.97. The van der Waals surface area contributed by atoms with Crippen molar-refractivity contribution in [3.05, 3.63) is 36.0 Å². The first kappa shape index (κ1) is 24.7. The van der Waals surface area contributed by atoms with Gasteiger partial charge in [0.15, 0.2) is 5.82 Å². The fraction of sp³-hybridized carbons (Fsp3) is 0.536. The number of aromatic hydroxyl groups is 1. The quantitative estimate of drug-likeness (QED) is 0.560. The third-order valence-corrected chi connectivity index (χ3v) is 7.40. The number of phenolic OH excluding ortho intramolecular Hbond substituents is 1. The predicted octanol–water partition coefficient (Wildman–Crippen LogP) is 4.29. The van der Waals surface area contributed by atoms with Gasteiger partial charge in [0.05, 0.1) is 30.0 Å². The van der Waals surface area contributed by atoms with E-state index in [1.54, 1.807) is 6.07 Å². The number of nitrogens with zero attached hydrogens (tertiary/aromatic N) is 5. The molecule has 8 nitrogen and oxygen atoms in total. The van der Waals surface area contributed by atoms with Gasteiger partial charge in [-0.3, -0.25) is 4.98 Å². The van der Waals surface area contributed by atoms with E-state index in [2.05, 4.69) is 66.1 Å². The number of aromatic nitrogens is 3. The summed E-state index contributed by atoms with van der Waals surface area (Å²) in [6.45, 7) is 14.1. The van der Waals surface area contributed by atoms with Crippen LogP contribution in [0.3, 0.4) is 0 Å². The first-order valence-corrected chi connectivity index (χ1v) is 12.9. The highest BCUT2D eigenvalue weighted by Gasteiger charge is 2.39. The maximum absolute atomic E-state index is 10.9. The molecule has 0 atom stereocenters. The molecule has 2 aromatic heterocycles. The molecule has 2 aliphatic heterocycles. The molecule has 36 heavy (non-hydrogen) atoms. The van der Waals surface area contributed by atoms with Crippen LogP contribution in [0.15, 0.2) is 30.3 Å². The Morgan fingerprint density at radius 2 is 1.72 bits per heavy atom. The van der Waals surface area contributed by atoms with Crippen molar-refractivity contribution in [2.75, 3.05) is 43.2 Å². The van der Waals surface area contributed by atoms with Crippen LogP contribution in [-0.4, -0.2) is 70.8 Å². The monoisotopic (exact) mass is 490 g/mol. The first-order chi connectivity index (χ1) is 17.0. The van der Waals surface area contributed by atoms with Crippen LogP contribution < -0.4 is 15.1 Å². The Labute approximate surface area is 213 Å². The lowest BCUT2D eigenvalue weighted by Crippen LogP contribution is -2.62. The van der Waals surface area contributed by atoms with Crippen molar-refractivity contribution in [2.45, 2.75) is 64.6 Å². The summed E-state index contributed by atoms with van der Waals surface area (Å²) in [5, 5.41) is 24.8. The molecule has 5 rings (SSSR count). The molecule has 0 unspecified atom stereocenters. The minimum absolute atomic E-state index is 0.0461. The zero-order valence-electron chi connectivity index (χ0n) is 22.3. The van der Waals surface area contributed by atoms with Crippen molar-refractivity contribution in [3.63, 3.8) is 0 Å². The summed E-state index contributed by atoms with van der Waals surface area (Å²) in [5.74, 6) is 0.987. The van der Waals surface area contributed by atoms with Gasteiger partial charge in [-0.15, -0.1) is 10.2 Å². The van der Waals surface area contributed by atoms with Crippen molar-refractivity contribution in [1.82, 2.24) is 20.5 Å². The lowest BCUT2D eigenvalue weighted by molar-refractivity contribution is 0.123. The van der Waals surface area contributed by atoms with Gasteiger partial charge in [-0.05, 0) is 77.8 Å². The predicted molar refractivity (Wildman–Crippen MR) is 145 cm³/mol. The number of morpholine rings is 1. The summed E-state index contributed by atoms with van der Waals surface area (Å²) in [6.07, 6.45) is 2.04. The van der Waals surface area contributed by atoms with Crippen LogP contribution in [0.2, 0.25) is 0 Å². The molecule has 0 amide bonds. The third kappa shape index (κ3) is 4.84. The van der Waals surface area contributed by atoms with Gasteiger partial charge in [0.25, 0.3) is 0 Å². The van der Waals surface area contributed by atoms with E-state index >= 15 is 0 Å². The Kier molecular flexibility index (Phi) is 6.29. The second kappa shape index (κ2) is 9.16. The van der Waals surface area contributed by atoms with Crippen molar-refractivity contribution < 1.29 is 9.84 Å². The van der Waals surface area contributed by atoms with Gasteiger partial charge in [0, 0.05) is 54.0 Å². The molecule has 0 saturated carbocycles. The molecule has 4 heterocycles. The Bertz CT molecular complexity index is 1240. The van der Waals surface area contributed by atoms with E-state index in [1.807, 2.05) is 25.1 Å². The van der Waals surface area contributed by atoms with E-state index in [0.29, 0.717) is 30.5 Å². The highest BCUT2D eigenvalue weighted by molar-refractivity contribution is 6.02. The Balaban J connectivity index is 1.50. The largest absolute Gasteiger partial charge is 0.507 e. The van der Waals surface area contributed by atoms with Gasteiger partial charge in [0.2, 0.25) is 0 Å². The van der Waals surface area contributed by atoms with E-state index in [1.165, 1.54) is 0 Å². The normalized spacial score (nSPS) is 20.0. The lowest BCUT2D eigenvalue weighted by atomic mass is 9.79. The summed E-state index contributed by atoms with van der Waals surface area (Å²) < 4.78 is 5.55. The van der Waals surface area contributed by atoms with Crippen molar-refractivity contribution in [1.29, 1.82) is 0 Å². The van der Waals surface area contributed by atoms with Crippen LogP contribution in [0.25, 0.3) is 22.2 Å². The molecule has 2 saturated heterocycles. The average molecular weight is 491 g/mol.